The van der Waals surface area contributed by atoms with Crippen LogP contribution in [0.25, 0.3) is 0 Å². The number of anilines is 1. The van der Waals surface area contributed by atoms with E-state index in [4.69, 9.17) is 10.6 Å². The highest BCUT2D eigenvalue weighted by atomic mass is 16.5. The van der Waals surface area contributed by atoms with Crippen LogP contribution < -0.4 is 16.2 Å². The molecule has 0 saturated carbocycles. The van der Waals surface area contributed by atoms with E-state index in [1.165, 1.54) is 11.3 Å². The van der Waals surface area contributed by atoms with Crippen LogP contribution in [0.2, 0.25) is 0 Å². The molecule has 0 aromatic heterocycles. The minimum absolute atomic E-state index is 0.225. The Hall–Kier alpha value is -1.10. The summed E-state index contributed by atoms with van der Waals surface area (Å²) in [5.41, 5.74) is 5.45. The van der Waals surface area contributed by atoms with Crippen molar-refractivity contribution in [3.63, 3.8) is 0 Å². The number of hydrogen-bond donors (Lipinski definition) is 2. The molecular formula is C15H25N3O. The molecule has 0 amide bonds. The Morgan fingerprint density at radius 2 is 2.11 bits per heavy atom. The van der Waals surface area contributed by atoms with E-state index >= 15 is 0 Å². The number of nitrogens with one attached hydrogen (secondary N) is 1. The lowest BCUT2D eigenvalue weighted by atomic mass is 9.89. The van der Waals surface area contributed by atoms with Gasteiger partial charge >= 0.3 is 0 Å². The molecular weight excluding hydrogens is 238 g/mol. The molecule has 0 spiro atoms. The summed E-state index contributed by atoms with van der Waals surface area (Å²) in [6.45, 7) is 1.78. The third-order valence-electron chi connectivity index (χ3n) is 3.90. The Morgan fingerprint density at radius 3 is 2.74 bits per heavy atom. The average molecular weight is 263 g/mol. The molecule has 4 nitrogen and oxygen atoms in total. The van der Waals surface area contributed by atoms with Gasteiger partial charge in [-0.15, -0.1) is 0 Å². The number of rotatable bonds is 5. The molecule has 0 radical (unpaired) electrons. The maximum atomic E-state index is 5.75. The highest BCUT2D eigenvalue weighted by Gasteiger charge is 2.20. The fraction of sp³-hybridized carbons (Fsp3) is 0.600. The molecule has 1 aromatic rings. The van der Waals surface area contributed by atoms with Crippen molar-refractivity contribution < 1.29 is 4.74 Å². The minimum atomic E-state index is 0.225. The Morgan fingerprint density at radius 1 is 1.37 bits per heavy atom. The van der Waals surface area contributed by atoms with Crippen molar-refractivity contribution in [1.82, 2.24) is 5.43 Å². The zero-order valence-electron chi connectivity index (χ0n) is 11.9. The first-order valence-electron chi connectivity index (χ1n) is 7.02. The predicted octanol–water partition coefficient (Wildman–Crippen LogP) is 2.07. The van der Waals surface area contributed by atoms with Gasteiger partial charge in [0.2, 0.25) is 0 Å². The molecule has 3 N–H and O–H groups in total. The normalized spacial score (nSPS) is 18.3. The van der Waals surface area contributed by atoms with Gasteiger partial charge < -0.3 is 9.64 Å². The van der Waals surface area contributed by atoms with Crippen LogP contribution in [-0.2, 0) is 4.74 Å². The number of hydrogen-bond acceptors (Lipinski definition) is 4. The molecule has 1 aliphatic heterocycles. The van der Waals surface area contributed by atoms with Gasteiger partial charge in [-0.25, -0.2) is 0 Å². The number of hydrazine groups is 1. The third kappa shape index (κ3) is 3.93. The van der Waals surface area contributed by atoms with E-state index < -0.39 is 0 Å². The first-order valence-corrected chi connectivity index (χ1v) is 7.02. The summed E-state index contributed by atoms with van der Waals surface area (Å²) in [5, 5.41) is 0. The fourth-order valence-corrected chi connectivity index (χ4v) is 2.64. The van der Waals surface area contributed by atoms with Gasteiger partial charge in [-0.3, -0.25) is 11.3 Å². The second kappa shape index (κ2) is 6.89. The van der Waals surface area contributed by atoms with Crippen LogP contribution >= 0.6 is 0 Å². The van der Waals surface area contributed by atoms with Gasteiger partial charge in [-0.1, -0.05) is 12.1 Å². The lowest BCUT2D eigenvalue weighted by Gasteiger charge is -2.27. The lowest BCUT2D eigenvalue weighted by molar-refractivity contribution is 0.0605. The van der Waals surface area contributed by atoms with Crippen molar-refractivity contribution in [3.8, 4) is 0 Å². The van der Waals surface area contributed by atoms with E-state index in [-0.39, 0.29) is 6.04 Å². The molecule has 1 unspecified atom stereocenters. The summed E-state index contributed by atoms with van der Waals surface area (Å²) in [6.07, 6.45) is 3.37. The topological polar surface area (TPSA) is 50.5 Å². The molecule has 1 aliphatic rings. The maximum Gasteiger partial charge on any atom is 0.0468 e. The molecule has 1 aromatic carbocycles. The zero-order chi connectivity index (χ0) is 13.7. The molecule has 4 heteroatoms. The number of ether oxygens (including phenoxy) is 1. The average Bonchev–Trinajstić information content (AvgIpc) is 2.46. The number of nitrogens with zero attached hydrogens (tertiary/aromatic N) is 1. The van der Waals surface area contributed by atoms with Crippen LogP contribution in [0.1, 0.15) is 30.9 Å². The molecule has 106 valence electrons. The Balaban J connectivity index is 2.05. The maximum absolute atomic E-state index is 5.75. The van der Waals surface area contributed by atoms with Gasteiger partial charge in [0.1, 0.15) is 0 Å². The Bertz CT molecular complexity index is 389. The molecule has 19 heavy (non-hydrogen) atoms. The molecule has 0 aliphatic carbocycles. The molecule has 0 bridgehead atoms. The fourth-order valence-electron chi connectivity index (χ4n) is 2.64. The first kappa shape index (κ1) is 14.3. The summed E-state index contributed by atoms with van der Waals surface area (Å²) in [5.74, 6) is 6.46. The summed E-state index contributed by atoms with van der Waals surface area (Å²) >= 11 is 0. The van der Waals surface area contributed by atoms with Gasteiger partial charge in [0.25, 0.3) is 0 Å². The van der Waals surface area contributed by atoms with Crippen LogP contribution in [0.4, 0.5) is 5.69 Å². The predicted molar refractivity (Wildman–Crippen MR) is 79.0 cm³/mol. The van der Waals surface area contributed by atoms with Crippen LogP contribution in [0, 0.1) is 5.92 Å². The molecule has 1 saturated heterocycles. The largest absolute Gasteiger partial charge is 0.381 e. The van der Waals surface area contributed by atoms with E-state index in [1.54, 1.807) is 0 Å². The SMILES string of the molecule is CN(C)c1cccc(C(CC2CCOCC2)NN)c1. The monoisotopic (exact) mass is 263 g/mol. The Kier molecular flexibility index (Phi) is 5.19. The second-order valence-corrected chi connectivity index (χ2v) is 5.50. The van der Waals surface area contributed by atoms with E-state index in [0.717, 1.165) is 32.5 Å². The van der Waals surface area contributed by atoms with Crippen molar-refractivity contribution in [1.29, 1.82) is 0 Å². The van der Waals surface area contributed by atoms with Crippen molar-refractivity contribution in [2.75, 3.05) is 32.2 Å². The summed E-state index contributed by atoms with van der Waals surface area (Å²) < 4.78 is 5.41. The summed E-state index contributed by atoms with van der Waals surface area (Å²) in [6, 6.07) is 8.80. The number of nitrogens with two attached hydrogens (primary N) is 1. The smallest absolute Gasteiger partial charge is 0.0468 e. The van der Waals surface area contributed by atoms with Gasteiger partial charge in [0.15, 0.2) is 0 Å². The van der Waals surface area contributed by atoms with Gasteiger partial charge in [-0.05, 0) is 42.9 Å². The van der Waals surface area contributed by atoms with Crippen molar-refractivity contribution >= 4 is 5.69 Å². The van der Waals surface area contributed by atoms with Crippen LogP contribution in [0.5, 0.6) is 0 Å². The zero-order valence-corrected chi connectivity index (χ0v) is 11.9. The highest BCUT2D eigenvalue weighted by molar-refractivity contribution is 5.47. The standard InChI is InChI=1S/C15H25N3O/c1-18(2)14-5-3-4-13(11-14)15(17-16)10-12-6-8-19-9-7-12/h3-5,11-12,15,17H,6-10,16H2,1-2H3. The van der Waals surface area contributed by atoms with E-state index in [9.17, 15) is 0 Å². The molecule has 1 heterocycles. The van der Waals surface area contributed by atoms with Gasteiger partial charge in [-0.2, -0.15) is 0 Å². The first-order chi connectivity index (χ1) is 9.20. The molecule has 1 atom stereocenters. The summed E-state index contributed by atoms with van der Waals surface area (Å²) in [7, 11) is 4.12. The number of benzene rings is 1. The minimum Gasteiger partial charge on any atom is -0.381 e. The van der Waals surface area contributed by atoms with Crippen LogP contribution in [0.15, 0.2) is 24.3 Å². The van der Waals surface area contributed by atoms with Crippen LogP contribution in [0.3, 0.4) is 0 Å². The Labute approximate surface area is 115 Å². The van der Waals surface area contributed by atoms with Crippen LogP contribution in [-0.4, -0.2) is 27.3 Å². The van der Waals surface area contributed by atoms with Gasteiger partial charge in [0.05, 0.1) is 0 Å². The lowest BCUT2D eigenvalue weighted by Crippen LogP contribution is -2.31. The molecule has 1 fully saturated rings. The second-order valence-electron chi connectivity index (χ2n) is 5.50. The van der Waals surface area contributed by atoms with Crippen molar-refractivity contribution in [2.24, 2.45) is 11.8 Å². The van der Waals surface area contributed by atoms with E-state index in [1.807, 2.05) is 0 Å². The molecule has 2 rings (SSSR count). The van der Waals surface area contributed by atoms with E-state index in [0.29, 0.717) is 5.92 Å². The van der Waals surface area contributed by atoms with Gasteiger partial charge in [0, 0.05) is 39.0 Å². The third-order valence-corrected chi connectivity index (χ3v) is 3.90. The quantitative estimate of drug-likeness (QED) is 0.631. The van der Waals surface area contributed by atoms with Crippen molar-refractivity contribution in [2.45, 2.75) is 25.3 Å². The summed E-state index contributed by atoms with van der Waals surface area (Å²) in [4.78, 5) is 2.12. The van der Waals surface area contributed by atoms with Crippen molar-refractivity contribution in [3.05, 3.63) is 29.8 Å². The van der Waals surface area contributed by atoms with E-state index in [2.05, 4.69) is 48.7 Å². The highest BCUT2D eigenvalue weighted by Crippen LogP contribution is 2.28.